The SMILES string of the molecule is COc1ccccc1OCCN(C)C(=O)C1CSCN1. The number of nitrogens with one attached hydrogen (secondary N) is 1. The third-order valence-electron chi connectivity index (χ3n) is 3.14. The molecule has 0 spiro atoms. The van der Waals surface area contributed by atoms with Crippen LogP contribution in [0.1, 0.15) is 0 Å². The second-order valence-corrected chi connectivity index (χ2v) is 5.56. The molecule has 20 heavy (non-hydrogen) atoms. The predicted molar refractivity (Wildman–Crippen MR) is 80.4 cm³/mol. The van der Waals surface area contributed by atoms with E-state index in [4.69, 9.17) is 9.47 Å². The largest absolute Gasteiger partial charge is 0.493 e. The molecule has 1 heterocycles. The summed E-state index contributed by atoms with van der Waals surface area (Å²) in [6.07, 6.45) is 0. The summed E-state index contributed by atoms with van der Waals surface area (Å²) in [6.45, 7) is 1.00. The van der Waals surface area contributed by atoms with Gasteiger partial charge in [-0.25, -0.2) is 0 Å². The lowest BCUT2D eigenvalue weighted by molar-refractivity contribution is -0.131. The number of hydrogen-bond donors (Lipinski definition) is 1. The van der Waals surface area contributed by atoms with Gasteiger partial charge in [-0.15, -0.1) is 11.8 Å². The van der Waals surface area contributed by atoms with Gasteiger partial charge >= 0.3 is 0 Å². The van der Waals surface area contributed by atoms with Crippen LogP contribution in [0.15, 0.2) is 24.3 Å². The van der Waals surface area contributed by atoms with E-state index < -0.39 is 0 Å². The number of rotatable bonds is 6. The highest BCUT2D eigenvalue weighted by molar-refractivity contribution is 7.99. The lowest BCUT2D eigenvalue weighted by Crippen LogP contribution is -2.44. The molecule has 1 amide bonds. The zero-order chi connectivity index (χ0) is 14.4. The fourth-order valence-electron chi connectivity index (χ4n) is 1.96. The highest BCUT2D eigenvalue weighted by atomic mass is 32.2. The molecule has 5 nitrogen and oxygen atoms in total. The molecule has 1 N–H and O–H groups in total. The lowest BCUT2D eigenvalue weighted by atomic mass is 10.3. The molecule has 1 saturated heterocycles. The first kappa shape index (κ1) is 15.0. The molecule has 1 aliphatic rings. The molecule has 1 atom stereocenters. The average molecular weight is 296 g/mol. The van der Waals surface area contributed by atoms with Crippen LogP contribution in [-0.2, 0) is 4.79 Å². The van der Waals surface area contributed by atoms with Gasteiger partial charge in [0.05, 0.1) is 19.7 Å². The van der Waals surface area contributed by atoms with Crippen molar-refractivity contribution in [2.75, 3.05) is 38.9 Å². The molecule has 0 aliphatic carbocycles. The van der Waals surface area contributed by atoms with Crippen LogP contribution in [-0.4, -0.2) is 55.8 Å². The van der Waals surface area contributed by atoms with Gasteiger partial charge in [0.25, 0.3) is 0 Å². The number of ether oxygens (including phenoxy) is 2. The summed E-state index contributed by atoms with van der Waals surface area (Å²) in [6, 6.07) is 7.44. The van der Waals surface area contributed by atoms with E-state index >= 15 is 0 Å². The summed E-state index contributed by atoms with van der Waals surface area (Å²) in [5, 5.41) is 3.17. The molecule has 110 valence electrons. The molecular formula is C14H20N2O3S. The van der Waals surface area contributed by atoms with Crippen LogP contribution in [0.25, 0.3) is 0 Å². The lowest BCUT2D eigenvalue weighted by Gasteiger charge is -2.21. The number of likely N-dealkylation sites (N-methyl/N-ethyl adjacent to an activating group) is 1. The minimum absolute atomic E-state index is 0.0590. The van der Waals surface area contributed by atoms with Crippen molar-refractivity contribution in [2.24, 2.45) is 0 Å². The molecule has 6 heteroatoms. The van der Waals surface area contributed by atoms with Crippen molar-refractivity contribution < 1.29 is 14.3 Å². The molecule has 1 aliphatic heterocycles. The van der Waals surface area contributed by atoms with Crippen LogP contribution >= 0.6 is 11.8 Å². The standard InChI is InChI=1S/C14H20N2O3S/c1-16(14(17)11-9-20-10-15-11)7-8-19-13-6-4-3-5-12(13)18-2/h3-6,11,15H,7-10H2,1-2H3. The fraction of sp³-hybridized carbons (Fsp3) is 0.500. The number of hydrogen-bond acceptors (Lipinski definition) is 5. The van der Waals surface area contributed by atoms with Gasteiger partial charge in [0.15, 0.2) is 11.5 Å². The molecule has 1 unspecified atom stereocenters. The van der Waals surface area contributed by atoms with Crippen molar-refractivity contribution in [2.45, 2.75) is 6.04 Å². The number of methoxy groups -OCH3 is 1. The monoisotopic (exact) mass is 296 g/mol. The molecule has 1 aromatic carbocycles. The van der Waals surface area contributed by atoms with Crippen LogP contribution in [0.3, 0.4) is 0 Å². The van der Waals surface area contributed by atoms with Crippen molar-refractivity contribution in [3.8, 4) is 11.5 Å². The van der Waals surface area contributed by atoms with Crippen molar-refractivity contribution in [3.05, 3.63) is 24.3 Å². The Hall–Kier alpha value is -1.40. The number of nitrogens with zero attached hydrogens (tertiary/aromatic N) is 1. The number of carbonyl (C=O) groups excluding carboxylic acids is 1. The van der Waals surface area contributed by atoms with E-state index in [1.165, 1.54) is 0 Å². The third-order valence-corrected chi connectivity index (χ3v) is 4.08. The Kier molecular flexibility index (Phi) is 5.55. The van der Waals surface area contributed by atoms with Gasteiger partial charge in [-0.2, -0.15) is 0 Å². The number of carbonyl (C=O) groups is 1. The summed E-state index contributed by atoms with van der Waals surface area (Å²) < 4.78 is 10.9. The summed E-state index contributed by atoms with van der Waals surface area (Å²) in [5.41, 5.74) is 0. The highest BCUT2D eigenvalue weighted by Gasteiger charge is 2.25. The fourth-order valence-corrected chi connectivity index (χ4v) is 2.89. The van der Waals surface area contributed by atoms with Gasteiger partial charge < -0.3 is 14.4 Å². The summed E-state index contributed by atoms with van der Waals surface area (Å²) >= 11 is 1.75. The van der Waals surface area contributed by atoms with Crippen molar-refractivity contribution in [1.29, 1.82) is 0 Å². The van der Waals surface area contributed by atoms with Crippen LogP contribution < -0.4 is 14.8 Å². The quantitative estimate of drug-likeness (QED) is 0.855. The van der Waals surface area contributed by atoms with E-state index in [0.29, 0.717) is 24.7 Å². The number of thioether (sulfide) groups is 1. The van der Waals surface area contributed by atoms with Crippen LogP contribution in [0, 0.1) is 0 Å². The van der Waals surface area contributed by atoms with Gasteiger partial charge in [-0.1, -0.05) is 12.1 Å². The van der Waals surface area contributed by atoms with Crippen LogP contribution in [0.2, 0.25) is 0 Å². The molecule has 1 aromatic rings. The second-order valence-electron chi connectivity index (χ2n) is 4.53. The summed E-state index contributed by atoms with van der Waals surface area (Å²) in [4.78, 5) is 13.8. The Morgan fingerprint density at radius 1 is 1.45 bits per heavy atom. The Bertz CT molecular complexity index is 450. The van der Waals surface area contributed by atoms with Gasteiger partial charge in [0, 0.05) is 18.7 Å². The minimum atomic E-state index is -0.0590. The first-order valence-electron chi connectivity index (χ1n) is 6.54. The first-order valence-corrected chi connectivity index (χ1v) is 7.69. The Balaban J connectivity index is 1.78. The average Bonchev–Trinajstić information content (AvgIpc) is 3.01. The van der Waals surface area contributed by atoms with Crippen molar-refractivity contribution >= 4 is 17.7 Å². The maximum Gasteiger partial charge on any atom is 0.240 e. The Morgan fingerprint density at radius 2 is 2.20 bits per heavy atom. The van der Waals surface area contributed by atoms with Crippen LogP contribution in [0.5, 0.6) is 11.5 Å². The summed E-state index contributed by atoms with van der Waals surface area (Å²) in [5.74, 6) is 3.22. The second kappa shape index (κ2) is 7.40. The molecule has 0 radical (unpaired) electrons. The number of para-hydroxylation sites is 2. The molecule has 0 bridgehead atoms. The number of amides is 1. The highest BCUT2D eigenvalue weighted by Crippen LogP contribution is 2.25. The van der Waals surface area contributed by atoms with Crippen LogP contribution in [0.4, 0.5) is 0 Å². The van der Waals surface area contributed by atoms with E-state index in [-0.39, 0.29) is 11.9 Å². The van der Waals surface area contributed by atoms with E-state index in [9.17, 15) is 4.79 Å². The molecule has 2 rings (SSSR count). The van der Waals surface area contributed by atoms with E-state index in [1.807, 2.05) is 24.3 Å². The van der Waals surface area contributed by atoms with Gasteiger partial charge in [-0.05, 0) is 12.1 Å². The van der Waals surface area contributed by atoms with Gasteiger partial charge in [-0.3, -0.25) is 10.1 Å². The van der Waals surface area contributed by atoms with E-state index in [0.717, 1.165) is 11.6 Å². The first-order chi connectivity index (χ1) is 9.72. The topological polar surface area (TPSA) is 50.8 Å². The van der Waals surface area contributed by atoms with Gasteiger partial charge in [0.1, 0.15) is 6.61 Å². The molecule has 0 aromatic heterocycles. The Labute approximate surface area is 123 Å². The molecular weight excluding hydrogens is 276 g/mol. The smallest absolute Gasteiger partial charge is 0.240 e. The predicted octanol–water partition coefficient (Wildman–Crippen LogP) is 1.19. The normalized spacial score (nSPS) is 17.8. The van der Waals surface area contributed by atoms with E-state index in [2.05, 4.69) is 5.32 Å². The summed E-state index contributed by atoms with van der Waals surface area (Å²) in [7, 11) is 3.42. The van der Waals surface area contributed by atoms with Crippen molar-refractivity contribution in [1.82, 2.24) is 10.2 Å². The minimum Gasteiger partial charge on any atom is -0.493 e. The molecule has 0 saturated carbocycles. The Morgan fingerprint density at radius 3 is 2.85 bits per heavy atom. The zero-order valence-electron chi connectivity index (χ0n) is 11.8. The third kappa shape index (κ3) is 3.80. The van der Waals surface area contributed by atoms with Gasteiger partial charge in [0.2, 0.25) is 5.91 Å². The van der Waals surface area contributed by atoms with Crippen molar-refractivity contribution in [3.63, 3.8) is 0 Å². The molecule has 1 fully saturated rings. The zero-order valence-corrected chi connectivity index (χ0v) is 12.6. The van der Waals surface area contributed by atoms with E-state index in [1.54, 1.807) is 30.8 Å². The maximum absolute atomic E-state index is 12.1. The number of benzene rings is 1. The maximum atomic E-state index is 12.1.